The molecule has 0 saturated carbocycles. The second-order valence-electron chi connectivity index (χ2n) is 10.9. The van der Waals surface area contributed by atoms with Gasteiger partial charge < -0.3 is 48.1 Å². The van der Waals surface area contributed by atoms with Gasteiger partial charge in [0.25, 0.3) is 6.47 Å². The number of benzene rings is 3. The molecule has 0 radical (unpaired) electrons. The van der Waals surface area contributed by atoms with Crippen molar-refractivity contribution in [2.45, 2.75) is 39.3 Å². The largest absolute Gasteiger partial charge is 1.00 e. The van der Waals surface area contributed by atoms with Crippen molar-refractivity contribution < 1.29 is 138 Å². The number of nitrogens with two attached hydrogens (primary N) is 3. The zero-order chi connectivity index (χ0) is 37.9. The summed E-state index contributed by atoms with van der Waals surface area (Å²) < 4.78 is 16.1. The number of aliphatic hydroxyl groups excluding tert-OH is 1. The van der Waals surface area contributed by atoms with E-state index in [9.17, 15) is 0 Å². The molecule has 3 aromatic carbocycles. The van der Waals surface area contributed by atoms with Crippen LogP contribution in [-0.4, -0.2) is 56.2 Å². The van der Waals surface area contributed by atoms with Gasteiger partial charge in [0, 0.05) is 7.11 Å². The number of hydrogen-bond acceptors (Lipinski definition) is 10. The number of carbonyl (C=O) groups excluding carboxylic acids is 1. The molecule has 50 heavy (non-hydrogen) atoms. The van der Waals surface area contributed by atoms with Crippen LogP contribution >= 0.6 is 15.9 Å². The van der Waals surface area contributed by atoms with Crippen molar-refractivity contribution in [2.75, 3.05) is 45.6 Å². The standard InChI is InChI=1S/C12H17NOSi.C9H9NO.C7H8BrNO.C5H10Si.CH2O3.CH4O.2K.H/c1-14-12-10(6-5-7-11(12)13)8-9-15(2,3)4;1-3-7-5-4-6-8(10)9(7)11-2;1-10-7-5(8)3-2-4-6(7)9;1-5-6(2,3)4;2-1-4-3;1-2;;;/h5-7H,13H2,1-4H3;1,4-6H,10H2,2H3;2-4H,9H2,1H3;1H,2-4H3;1,3H;2H,1H3;;;/q;;;;;;2*+1;-1/p-1. The summed E-state index contributed by atoms with van der Waals surface area (Å²) >= 11 is 3.30. The number of ether oxygens (including phenoxy) is 3. The molecule has 0 saturated heterocycles. The number of methoxy groups -OCH3 is 3. The van der Waals surface area contributed by atoms with Crippen LogP contribution in [0.4, 0.5) is 17.1 Å². The Morgan fingerprint density at radius 3 is 1.34 bits per heavy atom. The van der Waals surface area contributed by atoms with Crippen molar-refractivity contribution >= 4 is 55.6 Å². The van der Waals surface area contributed by atoms with Crippen molar-refractivity contribution in [3.8, 4) is 53.0 Å². The van der Waals surface area contributed by atoms with E-state index in [0.717, 1.165) is 17.1 Å². The molecule has 0 spiro atoms. The van der Waals surface area contributed by atoms with Crippen LogP contribution in [0.15, 0.2) is 59.1 Å². The van der Waals surface area contributed by atoms with E-state index in [1.165, 1.54) is 0 Å². The van der Waals surface area contributed by atoms with Gasteiger partial charge in [-0.2, -0.15) is 0 Å². The van der Waals surface area contributed by atoms with Gasteiger partial charge in [0.05, 0.1) is 54.0 Å². The number of halogens is 1. The normalized spacial score (nSPS) is 8.70. The Labute approximate surface area is 396 Å². The molecular formula is C35H50BrK2N3O7Si2. The predicted octanol–water partition coefficient (Wildman–Crippen LogP) is -0.534. The van der Waals surface area contributed by atoms with E-state index in [1.807, 2.05) is 30.3 Å². The fourth-order valence-corrected chi connectivity index (χ4v) is 3.83. The minimum absolute atomic E-state index is 0. The van der Waals surface area contributed by atoms with Gasteiger partial charge in [0.2, 0.25) is 0 Å². The fourth-order valence-electron chi connectivity index (χ4n) is 2.77. The number of hydrogen-bond donors (Lipinski definition) is 4. The Balaban J connectivity index is -0.000000127. The van der Waals surface area contributed by atoms with E-state index in [2.05, 4.69) is 83.0 Å². The number of nitrogen functional groups attached to an aromatic ring is 3. The quantitative estimate of drug-likeness (QED) is 0.0668. The van der Waals surface area contributed by atoms with Crippen LogP contribution in [0.3, 0.4) is 0 Å². The van der Waals surface area contributed by atoms with Crippen LogP contribution in [-0.2, 0) is 9.68 Å². The van der Waals surface area contributed by atoms with Gasteiger partial charge in [-0.15, -0.1) is 23.9 Å². The Morgan fingerprint density at radius 1 is 0.740 bits per heavy atom. The van der Waals surface area contributed by atoms with Gasteiger partial charge >= 0.3 is 103 Å². The summed E-state index contributed by atoms with van der Waals surface area (Å²) in [5.41, 5.74) is 26.4. The van der Waals surface area contributed by atoms with Gasteiger partial charge in [-0.25, -0.2) is 0 Å². The molecule has 3 aromatic rings. The second-order valence-corrected chi connectivity index (χ2v) is 21.3. The molecule has 0 aromatic heterocycles. The molecule has 0 aliphatic heterocycles. The van der Waals surface area contributed by atoms with E-state index in [-0.39, 0.29) is 111 Å². The number of aliphatic hydroxyl groups is 1. The number of anilines is 3. The van der Waals surface area contributed by atoms with Gasteiger partial charge in [-0.3, -0.25) is 4.79 Å². The fraction of sp³-hybridized carbons (Fsp3) is 0.286. The molecule has 0 heterocycles. The first-order valence-electron chi connectivity index (χ1n) is 14.0. The van der Waals surface area contributed by atoms with Crippen LogP contribution in [0.5, 0.6) is 17.2 Å². The molecule has 15 heteroatoms. The molecule has 0 atom stereocenters. The summed E-state index contributed by atoms with van der Waals surface area (Å²) in [6.07, 6.45) is 10.3. The summed E-state index contributed by atoms with van der Waals surface area (Å²) in [5, 5.41) is 15.4. The topological polar surface area (TPSA) is 175 Å². The third-order valence-corrected chi connectivity index (χ3v) is 7.27. The zero-order valence-electron chi connectivity index (χ0n) is 32.4. The minimum Gasteiger partial charge on any atom is -1.00 e. The monoisotopic (exact) mass is 837 g/mol. The van der Waals surface area contributed by atoms with Crippen molar-refractivity contribution in [2.24, 2.45) is 0 Å². The maximum Gasteiger partial charge on any atom is 1.00 e. The zero-order valence-corrected chi connectivity index (χ0v) is 41.3. The molecule has 0 amide bonds. The molecule has 10 nitrogen and oxygen atoms in total. The first-order valence-corrected chi connectivity index (χ1v) is 21.8. The van der Waals surface area contributed by atoms with Crippen molar-refractivity contribution in [3.63, 3.8) is 0 Å². The van der Waals surface area contributed by atoms with E-state index >= 15 is 0 Å². The molecule has 0 aliphatic rings. The van der Waals surface area contributed by atoms with E-state index in [4.69, 9.17) is 59.4 Å². The number of para-hydroxylation sites is 3. The Kier molecular flexibility index (Phi) is 38.9. The number of terminal acetylenes is 2. The predicted molar refractivity (Wildman–Crippen MR) is 207 cm³/mol. The van der Waals surface area contributed by atoms with Gasteiger partial charge in [0.1, 0.15) is 16.1 Å². The van der Waals surface area contributed by atoms with Gasteiger partial charge in [-0.05, 0) is 52.3 Å². The van der Waals surface area contributed by atoms with Gasteiger partial charge in [-0.1, -0.05) is 69.3 Å². The Morgan fingerprint density at radius 2 is 1.08 bits per heavy atom. The Bertz CT molecular complexity index is 1520. The maximum absolute atomic E-state index is 8.64. The first-order chi connectivity index (χ1) is 22.5. The molecule has 264 valence electrons. The average molecular weight is 839 g/mol. The van der Waals surface area contributed by atoms with E-state index < -0.39 is 16.1 Å². The van der Waals surface area contributed by atoms with Crippen LogP contribution in [0, 0.1) is 35.8 Å². The number of rotatable bonds is 4. The van der Waals surface area contributed by atoms with Crippen LogP contribution in [0.1, 0.15) is 12.6 Å². The number of carbonyl (C=O) groups is 1. The third kappa shape index (κ3) is 28.3. The summed E-state index contributed by atoms with van der Waals surface area (Å²) in [6.45, 7) is 12.9. The smallest absolute Gasteiger partial charge is 1.00 e. The van der Waals surface area contributed by atoms with Crippen LogP contribution in [0.25, 0.3) is 0 Å². The first kappa shape index (κ1) is 58.0. The molecule has 0 aliphatic carbocycles. The van der Waals surface area contributed by atoms with Crippen LogP contribution < -0.4 is 139 Å². The van der Waals surface area contributed by atoms with Gasteiger partial charge in [0.15, 0.2) is 17.2 Å². The molecule has 7 N–H and O–H groups in total. The maximum atomic E-state index is 8.64. The van der Waals surface area contributed by atoms with Crippen molar-refractivity contribution in [3.05, 3.63) is 70.2 Å². The summed E-state index contributed by atoms with van der Waals surface area (Å²) in [4.78, 5) is 11.2. The van der Waals surface area contributed by atoms with Crippen molar-refractivity contribution in [1.82, 2.24) is 0 Å². The van der Waals surface area contributed by atoms with E-state index in [1.54, 1.807) is 45.6 Å². The minimum atomic E-state index is -1.35. The average Bonchev–Trinajstić information content (AvgIpc) is 3.05. The van der Waals surface area contributed by atoms with Crippen molar-refractivity contribution in [1.29, 1.82) is 0 Å². The third-order valence-electron chi connectivity index (χ3n) is 4.90. The molecule has 0 bridgehead atoms. The molecular weight excluding hydrogens is 789 g/mol. The summed E-state index contributed by atoms with van der Waals surface area (Å²) in [7, 11) is 3.30. The molecule has 0 unspecified atom stereocenters. The molecule has 0 fully saturated rings. The summed E-state index contributed by atoms with van der Waals surface area (Å²) in [6, 6.07) is 16.5. The van der Waals surface area contributed by atoms with E-state index in [0.29, 0.717) is 39.9 Å². The summed E-state index contributed by atoms with van der Waals surface area (Å²) in [5.74, 6) is 7.59. The van der Waals surface area contributed by atoms with Crippen LogP contribution in [0.2, 0.25) is 39.3 Å². The SMILES string of the molecule is C#C[Si](C)(C)C.C#Cc1cccc(N)c1OC.CO.COc1c(N)cccc1Br.COc1c(N)cccc1C#C[Si](C)(C)C.O=CO[O-].[H-].[K+].[K+]. The Hall–Kier alpha value is -1.28. The second kappa shape index (κ2) is 33.5. The molecule has 3 rings (SSSR count).